The molecule has 0 spiro atoms. The van der Waals surface area contributed by atoms with Gasteiger partial charge in [0.2, 0.25) is 0 Å². The second kappa shape index (κ2) is 6.78. The molecule has 0 aliphatic carbocycles. The van der Waals surface area contributed by atoms with Crippen molar-refractivity contribution in [2.24, 2.45) is 10.9 Å². The monoisotopic (exact) mass is 313 g/mol. The fourth-order valence-electron chi connectivity index (χ4n) is 1.50. The van der Waals surface area contributed by atoms with Crippen LogP contribution in [0, 0.1) is 0 Å². The minimum absolute atomic E-state index is 0.0700. The lowest BCUT2D eigenvalue weighted by atomic mass is 10.2. The summed E-state index contributed by atoms with van der Waals surface area (Å²) in [6.07, 6.45) is 0.522. The summed E-state index contributed by atoms with van der Waals surface area (Å²) >= 11 is 0. The summed E-state index contributed by atoms with van der Waals surface area (Å²) in [4.78, 5) is 36.6. The molecular weight excluding hydrogens is 294 g/mol. The molecule has 0 fully saturated rings. The average Bonchev–Trinajstić information content (AvgIpc) is 2.38. The van der Waals surface area contributed by atoms with Crippen LogP contribution in [0.1, 0.15) is 26.3 Å². The largest absolute Gasteiger partial charge is 0.444 e. The van der Waals surface area contributed by atoms with Crippen LogP contribution >= 0.6 is 0 Å². The maximum atomic E-state index is 11.6. The quantitative estimate of drug-likeness (QED) is 0.246. The van der Waals surface area contributed by atoms with Crippen LogP contribution in [-0.2, 0) is 11.3 Å². The molecule has 0 aliphatic heterocycles. The van der Waals surface area contributed by atoms with E-state index in [0.717, 1.165) is 10.8 Å². The third-order valence-electron chi connectivity index (χ3n) is 2.42. The molecule has 22 heavy (non-hydrogen) atoms. The lowest BCUT2D eigenvalue weighted by Crippen LogP contribution is -2.39. The Balaban J connectivity index is 2.77. The minimum atomic E-state index is -0.767. The minimum Gasteiger partial charge on any atom is -0.444 e. The van der Waals surface area contributed by atoms with Gasteiger partial charge in [-0.25, -0.2) is 9.59 Å². The number of amidine groups is 1. The molecule has 0 saturated carbocycles. The van der Waals surface area contributed by atoms with Crippen molar-refractivity contribution in [3.05, 3.63) is 32.6 Å². The molecule has 0 saturated heterocycles. The number of aromatic amines is 1. The van der Waals surface area contributed by atoms with Crippen molar-refractivity contribution >= 4 is 11.9 Å². The molecule has 1 aromatic heterocycles. The van der Waals surface area contributed by atoms with E-state index in [0.29, 0.717) is 0 Å². The van der Waals surface area contributed by atoms with Crippen LogP contribution < -0.4 is 22.3 Å². The number of hydrogen-bond acceptors (Lipinski definition) is 6. The number of aromatic nitrogens is 2. The number of hydrogen-bond donors (Lipinski definition) is 4. The number of oxime groups is 1. The Morgan fingerprint density at radius 1 is 1.50 bits per heavy atom. The van der Waals surface area contributed by atoms with E-state index in [-0.39, 0.29) is 18.7 Å². The molecule has 1 aromatic rings. The number of rotatable bonds is 4. The van der Waals surface area contributed by atoms with E-state index in [1.807, 2.05) is 4.98 Å². The van der Waals surface area contributed by atoms with Crippen LogP contribution in [0.2, 0.25) is 0 Å². The third-order valence-corrected chi connectivity index (χ3v) is 2.42. The predicted molar refractivity (Wildman–Crippen MR) is 78.1 cm³/mol. The van der Waals surface area contributed by atoms with Gasteiger partial charge in [-0.15, -0.1) is 0 Å². The Bertz CT molecular complexity index is 682. The van der Waals surface area contributed by atoms with Crippen molar-refractivity contribution < 1.29 is 14.7 Å². The Morgan fingerprint density at radius 3 is 2.68 bits per heavy atom. The number of ether oxygens (including phenoxy) is 1. The maximum Gasteiger partial charge on any atom is 0.407 e. The predicted octanol–water partition coefficient (Wildman–Crippen LogP) is -0.844. The second-order valence-electron chi connectivity index (χ2n) is 5.41. The van der Waals surface area contributed by atoms with Gasteiger partial charge in [-0.2, -0.15) is 0 Å². The second-order valence-corrected chi connectivity index (χ2v) is 5.41. The zero-order valence-electron chi connectivity index (χ0n) is 12.5. The molecule has 0 unspecified atom stereocenters. The highest BCUT2D eigenvalue weighted by atomic mass is 16.6. The Kier molecular flexibility index (Phi) is 5.33. The van der Waals surface area contributed by atoms with E-state index in [4.69, 9.17) is 15.7 Å². The summed E-state index contributed by atoms with van der Waals surface area (Å²) in [6, 6.07) is 0. The summed E-state index contributed by atoms with van der Waals surface area (Å²) in [7, 11) is 0. The summed E-state index contributed by atoms with van der Waals surface area (Å²) in [5.41, 5.74) is 3.11. The summed E-state index contributed by atoms with van der Waals surface area (Å²) < 4.78 is 6.15. The van der Waals surface area contributed by atoms with Crippen molar-refractivity contribution in [1.29, 1.82) is 0 Å². The van der Waals surface area contributed by atoms with Crippen LogP contribution in [0.3, 0.4) is 0 Å². The highest BCUT2D eigenvalue weighted by Crippen LogP contribution is 2.06. The fourth-order valence-corrected chi connectivity index (χ4v) is 1.50. The summed E-state index contributed by atoms with van der Waals surface area (Å²) in [5, 5.41) is 13.8. The van der Waals surface area contributed by atoms with Crippen LogP contribution in [-0.4, -0.2) is 38.8 Å². The van der Waals surface area contributed by atoms with Crippen LogP contribution in [0.4, 0.5) is 4.79 Å². The first kappa shape index (κ1) is 17.3. The first-order valence-corrected chi connectivity index (χ1v) is 6.42. The van der Waals surface area contributed by atoms with Crippen LogP contribution in [0.25, 0.3) is 0 Å². The van der Waals surface area contributed by atoms with Gasteiger partial charge < -0.3 is 21.0 Å². The molecule has 0 atom stereocenters. The zero-order chi connectivity index (χ0) is 16.9. The van der Waals surface area contributed by atoms with Crippen molar-refractivity contribution in [3.63, 3.8) is 0 Å². The van der Waals surface area contributed by atoms with Crippen molar-refractivity contribution in [1.82, 2.24) is 14.9 Å². The Labute approximate surface area is 125 Å². The van der Waals surface area contributed by atoms with Crippen molar-refractivity contribution in [3.8, 4) is 0 Å². The standard InChI is InChI=1S/C12H19N5O5/c1-12(2,3)22-11(20)14-4-5-17-6-7(8(13)16-21)9(18)15-10(17)19/h6,21H,4-5H2,1-3H3,(H2,13,16)(H,14,20)(H,15,18,19). The molecule has 10 nitrogen and oxygen atoms in total. The molecule has 5 N–H and O–H groups in total. The topological polar surface area (TPSA) is 152 Å². The fraction of sp³-hybridized carbons (Fsp3) is 0.500. The molecule has 10 heteroatoms. The maximum absolute atomic E-state index is 11.6. The first-order valence-electron chi connectivity index (χ1n) is 6.42. The van der Waals surface area contributed by atoms with Gasteiger partial charge in [0, 0.05) is 19.3 Å². The third kappa shape index (κ3) is 4.96. The first-order chi connectivity index (χ1) is 10.1. The summed E-state index contributed by atoms with van der Waals surface area (Å²) in [5.74, 6) is -0.421. The number of carbonyl (C=O) groups excluding carboxylic acids is 1. The number of nitrogens with one attached hydrogen (secondary N) is 2. The number of amides is 1. The van der Waals surface area contributed by atoms with E-state index in [9.17, 15) is 14.4 Å². The molecule has 1 heterocycles. The smallest absolute Gasteiger partial charge is 0.407 e. The number of nitrogens with two attached hydrogens (primary N) is 1. The van der Waals surface area contributed by atoms with E-state index in [2.05, 4.69) is 10.5 Å². The lowest BCUT2D eigenvalue weighted by Gasteiger charge is -2.19. The Hall–Kier alpha value is -2.78. The van der Waals surface area contributed by atoms with Crippen LogP contribution in [0.5, 0.6) is 0 Å². The molecule has 0 aliphatic rings. The van der Waals surface area contributed by atoms with Gasteiger partial charge in [0.25, 0.3) is 5.56 Å². The molecule has 0 aromatic carbocycles. The van der Waals surface area contributed by atoms with Crippen molar-refractivity contribution in [2.45, 2.75) is 32.9 Å². The number of carbonyl (C=O) groups is 1. The van der Waals surface area contributed by atoms with Gasteiger partial charge in [-0.05, 0) is 20.8 Å². The Morgan fingerprint density at radius 2 is 2.14 bits per heavy atom. The van der Waals surface area contributed by atoms with E-state index in [1.54, 1.807) is 20.8 Å². The highest BCUT2D eigenvalue weighted by Gasteiger charge is 2.15. The van der Waals surface area contributed by atoms with Gasteiger partial charge in [0.15, 0.2) is 5.84 Å². The number of H-pyrrole nitrogens is 1. The summed E-state index contributed by atoms with van der Waals surface area (Å²) in [6.45, 7) is 5.34. The highest BCUT2D eigenvalue weighted by molar-refractivity contribution is 5.96. The number of nitrogens with zero attached hydrogens (tertiary/aromatic N) is 2. The normalized spacial score (nSPS) is 12.0. The van der Waals surface area contributed by atoms with Gasteiger partial charge in [-0.1, -0.05) is 5.16 Å². The van der Waals surface area contributed by atoms with E-state index in [1.165, 1.54) is 0 Å². The molecule has 0 radical (unpaired) electrons. The molecular formula is C12H19N5O5. The van der Waals surface area contributed by atoms with Crippen molar-refractivity contribution in [2.75, 3.05) is 6.54 Å². The van der Waals surface area contributed by atoms with E-state index >= 15 is 0 Å². The van der Waals surface area contributed by atoms with Gasteiger partial charge in [-0.3, -0.25) is 14.3 Å². The average molecular weight is 313 g/mol. The van der Waals surface area contributed by atoms with Gasteiger partial charge in [0.05, 0.1) is 0 Å². The van der Waals surface area contributed by atoms with E-state index < -0.39 is 28.8 Å². The number of alkyl carbamates (subject to hydrolysis) is 1. The SMILES string of the molecule is CC(C)(C)OC(=O)NCCn1cc(/C(N)=N/O)c(=O)[nH]c1=O. The molecule has 0 bridgehead atoms. The molecule has 1 rings (SSSR count). The molecule has 122 valence electrons. The van der Waals surface area contributed by atoms with Gasteiger partial charge >= 0.3 is 11.8 Å². The van der Waals surface area contributed by atoms with Crippen LogP contribution in [0.15, 0.2) is 20.9 Å². The lowest BCUT2D eigenvalue weighted by molar-refractivity contribution is 0.0526. The van der Waals surface area contributed by atoms with Gasteiger partial charge in [0.1, 0.15) is 11.2 Å². The zero-order valence-corrected chi connectivity index (χ0v) is 12.5. The molecule has 1 amide bonds.